The van der Waals surface area contributed by atoms with Crippen molar-refractivity contribution in [3.63, 3.8) is 0 Å². The van der Waals surface area contributed by atoms with Crippen LogP contribution in [0.3, 0.4) is 0 Å². The highest BCUT2D eigenvalue weighted by Gasteiger charge is 2.70. The van der Waals surface area contributed by atoms with Crippen LogP contribution in [0, 0.1) is 39.4 Å². The molecule has 6 nitrogen and oxygen atoms in total. The molecule has 0 radical (unpaired) electrons. The van der Waals surface area contributed by atoms with Gasteiger partial charge in [0.2, 0.25) is 0 Å². The molecule has 2 heterocycles. The molecule has 5 rings (SSSR count). The second-order valence-electron chi connectivity index (χ2n) is 12.2. The van der Waals surface area contributed by atoms with Gasteiger partial charge in [0.25, 0.3) is 0 Å². The number of esters is 2. The summed E-state index contributed by atoms with van der Waals surface area (Å²) in [5.74, 6) is -0.568. The van der Waals surface area contributed by atoms with Crippen molar-refractivity contribution in [1.82, 2.24) is 0 Å². The number of hydrogen-bond donors (Lipinski definition) is 0. The van der Waals surface area contributed by atoms with Crippen LogP contribution in [0.15, 0.2) is 35.2 Å². The van der Waals surface area contributed by atoms with E-state index in [1.54, 1.807) is 12.5 Å². The first kappa shape index (κ1) is 23.4. The summed E-state index contributed by atoms with van der Waals surface area (Å²) in [5, 5.41) is 0. The molecule has 0 aromatic carbocycles. The van der Waals surface area contributed by atoms with Crippen LogP contribution in [0.1, 0.15) is 77.9 Å². The Balaban J connectivity index is 1.67. The summed E-state index contributed by atoms with van der Waals surface area (Å²) >= 11 is 0. The lowest BCUT2D eigenvalue weighted by Gasteiger charge is -2.61. The molecule has 1 spiro atoms. The number of Topliss-reactive ketones (excluding diaryl/α,β-unsaturated/α-hetero) is 1. The van der Waals surface area contributed by atoms with Gasteiger partial charge in [-0.2, -0.15) is 0 Å². The van der Waals surface area contributed by atoms with Crippen LogP contribution >= 0.6 is 0 Å². The van der Waals surface area contributed by atoms with Crippen molar-refractivity contribution < 1.29 is 28.3 Å². The quantitative estimate of drug-likeness (QED) is 0.434. The normalized spacial score (nSPS) is 42.9. The van der Waals surface area contributed by atoms with Crippen LogP contribution in [0.2, 0.25) is 0 Å². The molecule has 4 bridgehead atoms. The minimum atomic E-state index is -0.671. The van der Waals surface area contributed by atoms with Crippen molar-refractivity contribution in [2.45, 2.75) is 72.3 Å². The Kier molecular flexibility index (Phi) is 5.03. The fourth-order valence-corrected chi connectivity index (χ4v) is 8.83. The molecule has 4 aliphatic rings. The van der Waals surface area contributed by atoms with E-state index in [-0.39, 0.29) is 53.7 Å². The van der Waals surface area contributed by atoms with Crippen molar-refractivity contribution in [3.8, 4) is 0 Å². The third kappa shape index (κ3) is 2.83. The lowest BCUT2D eigenvalue weighted by Crippen LogP contribution is -2.56. The number of furan rings is 1. The zero-order chi connectivity index (χ0) is 24.7. The van der Waals surface area contributed by atoms with Gasteiger partial charge in [-0.1, -0.05) is 39.8 Å². The third-order valence-corrected chi connectivity index (χ3v) is 10.5. The maximum atomic E-state index is 14.0. The molecule has 3 saturated carbocycles. The Bertz CT molecular complexity index is 1050. The zero-order valence-corrected chi connectivity index (χ0v) is 20.9. The highest BCUT2D eigenvalue weighted by molar-refractivity contribution is 5.89. The van der Waals surface area contributed by atoms with Gasteiger partial charge in [-0.15, -0.1) is 0 Å². The molecule has 4 fully saturated rings. The molecule has 3 aliphatic carbocycles. The number of carbonyl (C=O) groups is 3. The SMILES string of the molecule is C=C1C2CCC3(C)C(c4ccoc4)OC(=O)CC13CC1CC2(C)C(CC(=O)OC)C(C)(C)C1=O. The molecular formula is C28H36O6. The minimum absolute atomic E-state index is 0.114. The van der Waals surface area contributed by atoms with E-state index in [2.05, 4.69) is 20.4 Å². The van der Waals surface area contributed by atoms with Crippen molar-refractivity contribution in [2.24, 2.45) is 39.4 Å². The average Bonchev–Trinajstić information content (AvgIpc) is 3.29. The minimum Gasteiger partial charge on any atom is -0.472 e. The summed E-state index contributed by atoms with van der Waals surface area (Å²) < 4.78 is 16.4. The van der Waals surface area contributed by atoms with Gasteiger partial charge in [-0.3, -0.25) is 14.4 Å². The Labute approximate surface area is 201 Å². The number of allylic oxidation sites excluding steroid dienone is 1. The molecule has 1 saturated heterocycles. The van der Waals surface area contributed by atoms with E-state index in [1.807, 2.05) is 19.9 Å². The average molecular weight is 469 g/mol. The lowest BCUT2D eigenvalue weighted by molar-refractivity contribution is -0.195. The van der Waals surface area contributed by atoms with E-state index in [1.165, 1.54) is 7.11 Å². The van der Waals surface area contributed by atoms with E-state index in [9.17, 15) is 14.4 Å². The van der Waals surface area contributed by atoms with Crippen LogP contribution < -0.4 is 0 Å². The first-order valence-corrected chi connectivity index (χ1v) is 12.4. The predicted octanol–water partition coefficient (Wildman–Crippen LogP) is 5.43. The highest BCUT2D eigenvalue weighted by atomic mass is 16.5. The van der Waals surface area contributed by atoms with Gasteiger partial charge in [0.15, 0.2) is 0 Å². The molecule has 0 N–H and O–H groups in total. The Morgan fingerprint density at radius 1 is 1.21 bits per heavy atom. The second kappa shape index (κ2) is 7.32. The Morgan fingerprint density at radius 3 is 2.59 bits per heavy atom. The summed E-state index contributed by atoms with van der Waals surface area (Å²) in [7, 11) is 1.40. The van der Waals surface area contributed by atoms with E-state index < -0.39 is 22.3 Å². The zero-order valence-electron chi connectivity index (χ0n) is 20.9. The van der Waals surface area contributed by atoms with Gasteiger partial charge in [0, 0.05) is 34.1 Å². The fraction of sp³-hybridized carbons (Fsp3) is 0.679. The third-order valence-electron chi connectivity index (χ3n) is 10.5. The van der Waals surface area contributed by atoms with Crippen molar-refractivity contribution in [3.05, 3.63) is 36.3 Å². The molecule has 1 aliphatic heterocycles. The number of fused-ring (bicyclic) bond motifs is 4. The highest BCUT2D eigenvalue weighted by Crippen LogP contribution is 2.74. The van der Waals surface area contributed by atoms with Crippen LogP contribution in [0.4, 0.5) is 0 Å². The standard InChI is InChI=1S/C28H36O6/c1-16-19-7-9-27(5)24(17-8-10-33-15-17)34-22(30)14-28(16,27)13-18-12-26(19,4)20(11-21(29)32-6)25(2,3)23(18)31/h8,10,15,18-20,24H,1,7,9,11-14H2,2-6H3. The number of ketones is 1. The van der Waals surface area contributed by atoms with E-state index in [0.717, 1.165) is 24.0 Å². The van der Waals surface area contributed by atoms with Crippen molar-refractivity contribution in [1.29, 1.82) is 0 Å². The number of rotatable bonds is 3. The maximum absolute atomic E-state index is 14.0. The van der Waals surface area contributed by atoms with Gasteiger partial charge < -0.3 is 13.9 Å². The topological polar surface area (TPSA) is 82.8 Å². The fourth-order valence-electron chi connectivity index (χ4n) is 8.83. The molecule has 184 valence electrons. The molecule has 7 atom stereocenters. The molecule has 34 heavy (non-hydrogen) atoms. The summed E-state index contributed by atoms with van der Waals surface area (Å²) in [4.78, 5) is 39.6. The summed E-state index contributed by atoms with van der Waals surface area (Å²) in [6.45, 7) is 13.1. The summed E-state index contributed by atoms with van der Waals surface area (Å²) in [5.41, 5.74) is 0.0304. The van der Waals surface area contributed by atoms with Crippen LogP contribution in [-0.4, -0.2) is 24.8 Å². The number of ether oxygens (including phenoxy) is 2. The van der Waals surface area contributed by atoms with E-state index >= 15 is 0 Å². The molecule has 0 amide bonds. The van der Waals surface area contributed by atoms with Gasteiger partial charge in [-0.25, -0.2) is 0 Å². The van der Waals surface area contributed by atoms with Crippen LogP contribution in [0.5, 0.6) is 0 Å². The van der Waals surface area contributed by atoms with Gasteiger partial charge in [-0.05, 0) is 49.0 Å². The number of methoxy groups -OCH3 is 1. The molecule has 6 heteroatoms. The monoisotopic (exact) mass is 468 g/mol. The summed E-state index contributed by atoms with van der Waals surface area (Å²) in [6.07, 6.45) is 6.34. The Morgan fingerprint density at radius 2 is 1.94 bits per heavy atom. The number of cyclic esters (lactones) is 1. The van der Waals surface area contributed by atoms with E-state index in [0.29, 0.717) is 12.8 Å². The lowest BCUT2D eigenvalue weighted by atomic mass is 9.44. The summed E-state index contributed by atoms with van der Waals surface area (Å²) in [6, 6.07) is 1.87. The number of hydrogen-bond acceptors (Lipinski definition) is 6. The number of carbonyl (C=O) groups excluding carboxylic acids is 3. The van der Waals surface area contributed by atoms with Crippen LogP contribution in [-0.2, 0) is 23.9 Å². The molecule has 7 unspecified atom stereocenters. The van der Waals surface area contributed by atoms with Gasteiger partial charge in [0.05, 0.1) is 26.1 Å². The second-order valence-corrected chi connectivity index (χ2v) is 12.2. The maximum Gasteiger partial charge on any atom is 0.307 e. The first-order chi connectivity index (χ1) is 15.9. The van der Waals surface area contributed by atoms with Crippen molar-refractivity contribution >= 4 is 17.7 Å². The van der Waals surface area contributed by atoms with Crippen molar-refractivity contribution in [2.75, 3.05) is 7.11 Å². The first-order valence-electron chi connectivity index (χ1n) is 12.4. The molecule has 1 aromatic heterocycles. The van der Waals surface area contributed by atoms with Gasteiger partial charge >= 0.3 is 11.9 Å². The van der Waals surface area contributed by atoms with Gasteiger partial charge in [0.1, 0.15) is 11.9 Å². The smallest absolute Gasteiger partial charge is 0.307 e. The molecule has 1 aromatic rings. The Hall–Kier alpha value is -2.37. The van der Waals surface area contributed by atoms with E-state index in [4.69, 9.17) is 13.9 Å². The predicted molar refractivity (Wildman–Crippen MR) is 124 cm³/mol. The largest absolute Gasteiger partial charge is 0.472 e. The molecular weight excluding hydrogens is 432 g/mol. The van der Waals surface area contributed by atoms with Crippen LogP contribution in [0.25, 0.3) is 0 Å².